The third-order valence-electron chi connectivity index (χ3n) is 3.66. The van der Waals surface area contributed by atoms with Crippen LogP contribution in [-0.4, -0.2) is 28.6 Å². The molecule has 0 amide bonds. The largest absolute Gasteiger partial charge is 0.477 e. The maximum atomic E-state index is 11.0. The first-order valence-electron chi connectivity index (χ1n) is 7.03. The summed E-state index contributed by atoms with van der Waals surface area (Å²) in [5.41, 5.74) is 0. The molecule has 4 nitrogen and oxygen atoms in total. The number of nitrogens with zero attached hydrogens (tertiary/aromatic N) is 2. The van der Waals surface area contributed by atoms with Gasteiger partial charge in [0.1, 0.15) is 4.88 Å². The summed E-state index contributed by atoms with van der Waals surface area (Å²) in [7, 11) is 0. The number of hydrogen-bond donors (Lipinski definition) is 1. The quantitative estimate of drug-likeness (QED) is 0.865. The molecule has 1 aromatic heterocycles. The van der Waals surface area contributed by atoms with Crippen molar-refractivity contribution < 1.29 is 9.90 Å². The van der Waals surface area contributed by atoms with Crippen LogP contribution < -0.4 is 4.90 Å². The van der Waals surface area contributed by atoms with E-state index in [2.05, 4.69) is 23.7 Å². The van der Waals surface area contributed by atoms with Crippen LogP contribution in [0.4, 0.5) is 5.13 Å². The Hall–Kier alpha value is -1.10. The molecule has 0 radical (unpaired) electrons. The molecule has 1 N–H and O–H groups in total. The highest BCUT2D eigenvalue weighted by molar-refractivity contribution is 7.17. The van der Waals surface area contributed by atoms with Gasteiger partial charge in [-0.3, -0.25) is 0 Å². The van der Waals surface area contributed by atoms with E-state index in [-0.39, 0.29) is 0 Å². The molecule has 0 saturated heterocycles. The minimum absolute atomic E-state index is 0.336. The average molecular weight is 282 g/mol. The van der Waals surface area contributed by atoms with Crippen LogP contribution in [0.15, 0.2) is 6.20 Å². The molecule has 0 aliphatic heterocycles. The lowest BCUT2D eigenvalue weighted by Crippen LogP contribution is -2.34. The van der Waals surface area contributed by atoms with Crippen LogP contribution in [0, 0.1) is 5.92 Å². The van der Waals surface area contributed by atoms with Gasteiger partial charge in [-0.25, -0.2) is 9.78 Å². The zero-order chi connectivity index (χ0) is 13.8. The number of aromatic carboxylic acids is 1. The first kappa shape index (κ1) is 14.3. The Morgan fingerprint density at radius 1 is 1.53 bits per heavy atom. The topological polar surface area (TPSA) is 53.4 Å². The summed E-state index contributed by atoms with van der Waals surface area (Å²) in [5, 5.41) is 9.89. The number of hydrogen-bond acceptors (Lipinski definition) is 4. The molecule has 0 bridgehead atoms. The Balaban J connectivity index is 2.12. The maximum Gasteiger partial charge on any atom is 0.347 e. The van der Waals surface area contributed by atoms with Gasteiger partial charge in [0.05, 0.1) is 6.20 Å². The predicted octanol–water partition coefficient (Wildman–Crippen LogP) is 3.64. The number of thiazole rings is 1. The van der Waals surface area contributed by atoms with Crippen LogP contribution in [0.5, 0.6) is 0 Å². The monoisotopic (exact) mass is 282 g/mol. The van der Waals surface area contributed by atoms with E-state index in [1.165, 1.54) is 43.2 Å². The van der Waals surface area contributed by atoms with Gasteiger partial charge < -0.3 is 10.0 Å². The second-order valence-electron chi connectivity index (χ2n) is 5.63. The lowest BCUT2D eigenvalue weighted by Gasteiger charge is -2.29. The van der Waals surface area contributed by atoms with E-state index >= 15 is 0 Å². The Labute approximate surface area is 118 Å². The standard InChI is InChI=1S/C14H22N2O2S/c1-10(2)7-8-16(11-5-3-4-6-11)14-15-9-12(19-14)13(17)18/h9-11H,3-8H2,1-2H3,(H,17,18). The van der Waals surface area contributed by atoms with Crippen molar-refractivity contribution in [3.05, 3.63) is 11.1 Å². The zero-order valence-corrected chi connectivity index (χ0v) is 12.4. The molecule has 2 rings (SSSR count). The van der Waals surface area contributed by atoms with E-state index in [9.17, 15) is 4.79 Å². The van der Waals surface area contributed by atoms with Crippen LogP contribution in [0.1, 0.15) is 55.6 Å². The normalized spacial score (nSPS) is 16.2. The van der Waals surface area contributed by atoms with Crippen LogP contribution in [0.25, 0.3) is 0 Å². The third-order valence-corrected chi connectivity index (χ3v) is 4.69. The number of aromatic nitrogens is 1. The molecule has 1 aliphatic rings. The van der Waals surface area contributed by atoms with Crippen LogP contribution >= 0.6 is 11.3 Å². The molecule has 0 atom stereocenters. The van der Waals surface area contributed by atoms with Gasteiger partial charge in [-0.2, -0.15) is 0 Å². The second-order valence-corrected chi connectivity index (χ2v) is 6.64. The van der Waals surface area contributed by atoms with Gasteiger partial charge in [0.2, 0.25) is 0 Å². The molecular formula is C14H22N2O2S. The average Bonchev–Trinajstić information content (AvgIpc) is 2.98. The lowest BCUT2D eigenvalue weighted by atomic mass is 10.1. The first-order chi connectivity index (χ1) is 9.08. The Kier molecular flexibility index (Phi) is 4.80. The summed E-state index contributed by atoms with van der Waals surface area (Å²) in [4.78, 5) is 18.0. The number of carboxylic acid groups (broad SMARTS) is 1. The molecule has 0 unspecified atom stereocenters. The summed E-state index contributed by atoms with van der Waals surface area (Å²) in [5.74, 6) is -0.221. The molecule has 1 fully saturated rings. The van der Waals surface area contributed by atoms with E-state index in [0.29, 0.717) is 16.8 Å². The van der Waals surface area contributed by atoms with Gasteiger partial charge in [-0.1, -0.05) is 38.0 Å². The molecule has 106 valence electrons. The molecule has 1 aromatic rings. The van der Waals surface area contributed by atoms with Crippen molar-refractivity contribution in [1.29, 1.82) is 0 Å². The molecule has 19 heavy (non-hydrogen) atoms. The van der Waals surface area contributed by atoms with E-state index < -0.39 is 5.97 Å². The first-order valence-corrected chi connectivity index (χ1v) is 7.85. The lowest BCUT2D eigenvalue weighted by molar-refractivity contribution is 0.0702. The zero-order valence-electron chi connectivity index (χ0n) is 11.6. The third kappa shape index (κ3) is 3.69. The van der Waals surface area contributed by atoms with Crippen LogP contribution in [-0.2, 0) is 0 Å². The minimum Gasteiger partial charge on any atom is -0.477 e. The SMILES string of the molecule is CC(C)CCN(c1ncc(C(=O)O)s1)C1CCCC1. The molecule has 0 aromatic carbocycles. The molecule has 1 saturated carbocycles. The van der Waals surface area contributed by atoms with E-state index in [0.717, 1.165) is 18.1 Å². The highest BCUT2D eigenvalue weighted by Gasteiger charge is 2.25. The van der Waals surface area contributed by atoms with Gasteiger partial charge >= 0.3 is 5.97 Å². The fourth-order valence-electron chi connectivity index (χ4n) is 2.54. The van der Waals surface area contributed by atoms with Gasteiger partial charge in [0.25, 0.3) is 0 Å². The summed E-state index contributed by atoms with van der Waals surface area (Å²) in [6, 6.07) is 0.548. The molecular weight excluding hydrogens is 260 g/mol. The predicted molar refractivity (Wildman–Crippen MR) is 78.1 cm³/mol. The summed E-state index contributed by atoms with van der Waals surface area (Å²) in [6.45, 7) is 5.42. The van der Waals surface area contributed by atoms with Gasteiger partial charge in [0.15, 0.2) is 5.13 Å². The van der Waals surface area contributed by atoms with E-state index in [1.54, 1.807) is 0 Å². The minimum atomic E-state index is -0.876. The van der Waals surface area contributed by atoms with Crippen LogP contribution in [0.2, 0.25) is 0 Å². The highest BCUT2D eigenvalue weighted by Crippen LogP contribution is 2.31. The highest BCUT2D eigenvalue weighted by atomic mass is 32.1. The van der Waals surface area contributed by atoms with Crippen molar-refractivity contribution in [3.8, 4) is 0 Å². The summed E-state index contributed by atoms with van der Waals surface area (Å²) in [6.07, 6.45) is 7.58. The van der Waals surface area contributed by atoms with Crippen LogP contribution in [0.3, 0.4) is 0 Å². The summed E-state index contributed by atoms with van der Waals surface area (Å²) >= 11 is 1.30. The van der Waals surface area contributed by atoms with Crippen molar-refractivity contribution in [3.63, 3.8) is 0 Å². The smallest absolute Gasteiger partial charge is 0.347 e. The molecule has 0 spiro atoms. The number of anilines is 1. The Morgan fingerprint density at radius 2 is 2.21 bits per heavy atom. The summed E-state index contributed by atoms with van der Waals surface area (Å²) < 4.78 is 0. The maximum absolute atomic E-state index is 11.0. The van der Waals surface area contributed by atoms with E-state index in [1.807, 2.05) is 0 Å². The fourth-order valence-corrected chi connectivity index (χ4v) is 3.40. The second kappa shape index (κ2) is 6.37. The molecule has 5 heteroatoms. The van der Waals surface area contributed by atoms with E-state index in [4.69, 9.17) is 5.11 Å². The Morgan fingerprint density at radius 3 is 2.74 bits per heavy atom. The molecule has 1 heterocycles. The van der Waals surface area contributed by atoms with Gasteiger partial charge in [-0.15, -0.1) is 0 Å². The van der Waals surface area contributed by atoms with Crippen molar-refractivity contribution in [2.45, 2.75) is 52.0 Å². The van der Waals surface area contributed by atoms with Gasteiger partial charge in [0, 0.05) is 12.6 Å². The fraction of sp³-hybridized carbons (Fsp3) is 0.714. The molecule has 1 aliphatic carbocycles. The van der Waals surface area contributed by atoms with Crippen molar-refractivity contribution in [2.75, 3.05) is 11.4 Å². The number of carbonyl (C=O) groups is 1. The van der Waals surface area contributed by atoms with Crippen molar-refractivity contribution in [1.82, 2.24) is 4.98 Å². The van der Waals surface area contributed by atoms with Gasteiger partial charge in [-0.05, 0) is 25.2 Å². The number of rotatable bonds is 6. The van der Waals surface area contributed by atoms with Crippen molar-refractivity contribution in [2.24, 2.45) is 5.92 Å². The Bertz CT molecular complexity index is 425. The van der Waals surface area contributed by atoms with Crippen molar-refractivity contribution >= 4 is 22.4 Å². The number of carboxylic acids is 1.